The lowest BCUT2D eigenvalue weighted by Gasteiger charge is -2.16. The van der Waals surface area contributed by atoms with Crippen LogP contribution in [0, 0.1) is 13.8 Å². The molecule has 2 rings (SSSR count). The molecule has 0 amide bonds. The van der Waals surface area contributed by atoms with Gasteiger partial charge in [-0.05, 0) is 56.6 Å². The van der Waals surface area contributed by atoms with E-state index in [0.717, 1.165) is 17.9 Å². The minimum atomic E-state index is 0.218. The van der Waals surface area contributed by atoms with E-state index in [4.69, 9.17) is 4.74 Å². The molecule has 3 nitrogen and oxygen atoms in total. The number of aromatic nitrogens is 1. The van der Waals surface area contributed by atoms with Crippen molar-refractivity contribution in [3.8, 4) is 11.6 Å². The third kappa shape index (κ3) is 3.36. The van der Waals surface area contributed by atoms with E-state index in [0.29, 0.717) is 5.88 Å². The molecule has 1 aromatic carbocycles. The number of pyridine rings is 1. The average Bonchev–Trinajstić information content (AvgIpc) is 2.44. The lowest BCUT2D eigenvalue weighted by atomic mass is 10.1. The van der Waals surface area contributed by atoms with Crippen LogP contribution < -0.4 is 10.1 Å². The highest BCUT2D eigenvalue weighted by atomic mass is 16.5. The summed E-state index contributed by atoms with van der Waals surface area (Å²) in [7, 11) is 0. The first-order valence-electron chi connectivity index (χ1n) is 7.05. The largest absolute Gasteiger partial charge is 0.439 e. The standard InChI is InChI=1S/C17H22N2O/c1-5-18-14(4)16-7-6-10-19-17(16)20-15-9-8-12(2)13(3)11-15/h6-11,14,18H,5H2,1-4H3. The van der Waals surface area contributed by atoms with Crippen molar-refractivity contribution < 1.29 is 4.74 Å². The average molecular weight is 270 g/mol. The zero-order valence-corrected chi connectivity index (χ0v) is 12.6. The van der Waals surface area contributed by atoms with Gasteiger partial charge in [-0.15, -0.1) is 0 Å². The number of aryl methyl sites for hydroxylation is 2. The Balaban J connectivity index is 2.26. The Morgan fingerprint density at radius 1 is 1.20 bits per heavy atom. The third-order valence-corrected chi connectivity index (χ3v) is 3.47. The molecule has 1 aromatic heterocycles. The summed E-state index contributed by atoms with van der Waals surface area (Å²) in [5.74, 6) is 1.50. The Bertz CT molecular complexity index is 581. The zero-order chi connectivity index (χ0) is 14.5. The fourth-order valence-electron chi connectivity index (χ4n) is 2.12. The van der Waals surface area contributed by atoms with Crippen LogP contribution in [0.2, 0.25) is 0 Å². The number of hydrogen-bond donors (Lipinski definition) is 1. The van der Waals surface area contributed by atoms with Crippen LogP contribution in [0.3, 0.4) is 0 Å². The van der Waals surface area contributed by atoms with Crippen LogP contribution in [0.25, 0.3) is 0 Å². The monoisotopic (exact) mass is 270 g/mol. The van der Waals surface area contributed by atoms with Gasteiger partial charge in [-0.25, -0.2) is 4.98 Å². The SMILES string of the molecule is CCNC(C)c1cccnc1Oc1ccc(C)c(C)c1. The Kier molecular flexibility index (Phi) is 4.74. The van der Waals surface area contributed by atoms with Gasteiger partial charge in [0.15, 0.2) is 0 Å². The van der Waals surface area contributed by atoms with Crippen LogP contribution in [0.5, 0.6) is 11.6 Å². The Morgan fingerprint density at radius 2 is 2.00 bits per heavy atom. The summed E-state index contributed by atoms with van der Waals surface area (Å²) in [6.07, 6.45) is 1.76. The van der Waals surface area contributed by atoms with Gasteiger partial charge in [-0.2, -0.15) is 0 Å². The molecule has 1 atom stereocenters. The molecule has 0 saturated heterocycles. The summed E-state index contributed by atoms with van der Waals surface area (Å²) in [6, 6.07) is 10.3. The second-order valence-electron chi connectivity index (χ2n) is 5.03. The van der Waals surface area contributed by atoms with Gasteiger partial charge in [-0.1, -0.05) is 19.1 Å². The molecule has 2 aromatic rings. The van der Waals surface area contributed by atoms with Crippen molar-refractivity contribution in [3.05, 3.63) is 53.2 Å². The van der Waals surface area contributed by atoms with Crippen LogP contribution in [-0.4, -0.2) is 11.5 Å². The van der Waals surface area contributed by atoms with Crippen molar-refractivity contribution in [2.24, 2.45) is 0 Å². The minimum Gasteiger partial charge on any atom is -0.439 e. The molecule has 0 spiro atoms. The van der Waals surface area contributed by atoms with Crippen molar-refractivity contribution >= 4 is 0 Å². The van der Waals surface area contributed by atoms with Gasteiger partial charge in [-0.3, -0.25) is 0 Å². The first-order valence-corrected chi connectivity index (χ1v) is 7.05. The lowest BCUT2D eigenvalue weighted by Crippen LogP contribution is -2.18. The smallest absolute Gasteiger partial charge is 0.223 e. The predicted octanol–water partition coefficient (Wildman–Crippen LogP) is 4.16. The first kappa shape index (κ1) is 14.5. The van der Waals surface area contributed by atoms with Gasteiger partial charge in [0.25, 0.3) is 0 Å². The molecule has 0 aliphatic heterocycles. The molecular weight excluding hydrogens is 248 g/mol. The number of benzene rings is 1. The fourth-order valence-corrected chi connectivity index (χ4v) is 2.12. The molecule has 1 heterocycles. The van der Waals surface area contributed by atoms with Gasteiger partial charge in [0.2, 0.25) is 5.88 Å². The summed E-state index contributed by atoms with van der Waals surface area (Å²) in [6.45, 7) is 9.31. The molecule has 3 heteroatoms. The molecule has 0 aliphatic carbocycles. The summed E-state index contributed by atoms with van der Waals surface area (Å²) in [4.78, 5) is 4.37. The van der Waals surface area contributed by atoms with E-state index in [1.165, 1.54) is 11.1 Å². The molecule has 0 radical (unpaired) electrons. The van der Waals surface area contributed by atoms with E-state index in [9.17, 15) is 0 Å². The fraction of sp³-hybridized carbons (Fsp3) is 0.353. The maximum atomic E-state index is 5.96. The highest BCUT2D eigenvalue weighted by Gasteiger charge is 2.12. The third-order valence-electron chi connectivity index (χ3n) is 3.47. The molecular formula is C17H22N2O. The lowest BCUT2D eigenvalue weighted by molar-refractivity contribution is 0.443. The molecule has 0 saturated carbocycles. The van der Waals surface area contributed by atoms with Crippen molar-refractivity contribution in [2.45, 2.75) is 33.7 Å². The van der Waals surface area contributed by atoms with E-state index < -0.39 is 0 Å². The molecule has 0 fully saturated rings. The van der Waals surface area contributed by atoms with Crippen LogP contribution >= 0.6 is 0 Å². The maximum Gasteiger partial charge on any atom is 0.223 e. The number of ether oxygens (including phenoxy) is 1. The van der Waals surface area contributed by atoms with Crippen LogP contribution in [0.1, 0.15) is 36.6 Å². The van der Waals surface area contributed by atoms with Gasteiger partial charge in [0, 0.05) is 17.8 Å². The van der Waals surface area contributed by atoms with Crippen molar-refractivity contribution in [3.63, 3.8) is 0 Å². The summed E-state index contributed by atoms with van der Waals surface area (Å²) >= 11 is 0. The number of hydrogen-bond acceptors (Lipinski definition) is 3. The van der Waals surface area contributed by atoms with Gasteiger partial charge in [0.1, 0.15) is 5.75 Å². The highest BCUT2D eigenvalue weighted by molar-refractivity contribution is 5.38. The number of nitrogens with one attached hydrogen (secondary N) is 1. The van der Waals surface area contributed by atoms with Gasteiger partial charge < -0.3 is 10.1 Å². The van der Waals surface area contributed by atoms with Gasteiger partial charge >= 0.3 is 0 Å². The minimum absolute atomic E-state index is 0.218. The van der Waals surface area contributed by atoms with E-state index in [1.807, 2.05) is 18.2 Å². The number of nitrogens with zero attached hydrogens (tertiary/aromatic N) is 1. The Hall–Kier alpha value is -1.87. The van der Waals surface area contributed by atoms with Crippen LogP contribution in [-0.2, 0) is 0 Å². The molecule has 106 valence electrons. The molecule has 0 bridgehead atoms. The van der Waals surface area contributed by atoms with E-state index in [-0.39, 0.29) is 6.04 Å². The van der Waals surface area contributed by atoms with Crippen molar-refractivity contribution in [1.29, 1.82) is 0 Å². The van der Waals surface area contributed by atoms with Crippen molar-refractivity contribution in [1.82, 2.24) is 10.3 Å². The number of rotatable bonds is 5. The van der Waals surface area contributed by atoms with Crippen LogP contribution in [0.4, 0.5) is 0 Å². The topological polar surface area (TPSA) is 34.2 Å². The molecule has 20 heavy (non-hydrogen) atoms. The van der Waals surface area contributed by atoms with E-state index in [1.54, 1.807) is 6.20 Å². The summed E-state index contributed by atoms with van der Waals surface area (Å²) < 4.78 is 5.96. The van der Waals surface area contributed by atoms with E-state index in [2.05, 4.69) is 50.1 Å². The predicted molar refractivity (Wildman–Crippen MR) is 82.3 cm³/mol. The highest BCUT2D eigenvalue weighted by Crippen LogP contribution is 2.28. The zero-order valence-electron chi connectivity index (χ0n) is 12.6. The molecule has 1 unspecified atom stereocenters. The van der Waals surface area contributed by atoms with Crippen molar-refractivity contribution in [2.75, 3.05) is 6.54 Å². The van der Waals surface area contributed by atoms with E-state index >= 15 is 0 Å². The normalized spacial score (nSPS) is 12.2. The summed E-state index contributed by atoms with van der Waals surface area (Å²) in [5, 5.41) is 3.39. The maximum absolute atomic E-state index is 5.96. The summed E-state index contributed by atoms with van der Waals surface area (Å²) in [5.41, 5.74) is 3.56. The molecule has 0 aliphatic rings. The second-order valence-corrected chi connectivity index (χ2v) is 5.03. The Morgan fingerprint density at radius 3 is 2.70 bits per heavy atom. The molecule has 1 N–H and O–H groups in total. The Labute approximate surface area is 121 Å². The first-order chi connectivity index (χ1) is 9.61. The van der Waals surface area contributed by atoms with Gasteiger partial charge in [0.05, 0.1) is 0 Å². The quantitative estimate of drug-likeness (QED) is 0.885. The van der Waals surface area contributed by atoms with Crippen LogP contribution in [0.15, 0.2) is 36.5 Å². The second kappa shape index (κ2) is 6.53.